The predicted octanol–water partition coefficient (Wildman–Crippen LogP) is 9.09. The average molecular weight is 405 g/mol. The minimum atomic E-state index is 0.273. The molecule has 170 valence electrons. The lowest BCUT2D eigenvalue weighted by molar-refractivity contribution is -0.121. The molecule has 0 aromatic heterocycles. The molecule has 1 heteroatoms. The average Bonchev–Trinajstić information content (AvgIpc) is 2.78. The Bertz CT molecular complexity index is 408. The van der Waals surface area contributed by atoms with Crippen LogP contribution in [0.1, 0.15) is 142 Å². The Kier molecular flexibility index (Phi) is 10.4. The van der Waals surface area contributed by atoms with Crippen LogP contribution in [0.5, 0.6) is 0 Å². The first-order valence-corrected chi connectivity index (χ1v) is 13.9. The van der Waals surface area contributed by atoms with Crippen molar-refractivity contribution in [1.82, 2.24) is 0 Å². The molecule has 0 saturated heterocycles. The first kappa shape index (κ1) is 23.6. The fraction of sp³-hybridized carbons (Fsp3) is 1.00. The van der Waals surface area contributed by atoms with E-state index in [1.807, 2.05) is 0 Å². The van der Waals surface area contributed by atoms with Gasteiger partial charge in [0.2, 0.25) is 0 Å². The molecule has 0 aromatic carbocycles. The second-order valence-corrected chi connectivity index (χ2v) is 11.2. The van der Waals surface area contributed by atoms with Crippen molar-refractivity contribution >= 4 is 0 Å². The van der Waals surface area contributed by atoms with E-state index in [-0.39, 0.29) is 5.60 Å². The zero-order chi connectivity index (χ0) is 20.4. The minimum Gasteiger partial charge on any atom is -0.375 e. The lowest BCUT2D eigenvalue weighted by Gasteiger charge is -2.46. The molecule has 3 aliphatic carbocycles. The second kappa shape index (κ2) is 12.7. The molecule has 0 aromatic rings. The van der Waals surface area contributed by atoms with Gasteiger partial charge in [0.15, 0.2) is 0 Å². The molecule has 0 amide bonds. The van der Waals surface area contributed by atoms with Gasteiger partial charge in [-0.2, -0.15) is 0 Å². The molecular weight excluding hydrogens is 352 g/mol. The maximum absolute atomic E-state index is 6.59. The normalized spacial score (nSPS) is 32.9. The summed E-state index contributed by atoms with van der Waals surface area (Å²) in [5.74, 6) is 4.03. The van der Waals surface area contributed by atoms with Crippen molar-refractivity contribution in [3.63, 3.8) is 0 Å². The summed E-state index contributed by atoms with van der Waals surface area (Å²) in [6, 6.07) is 0. The van der Waals surface area contributed by atoms with Crippen LogP contribution in [0.4, 0.5) is 0 Å². The van der Waals surface area contributed by atoms with Gasteiger partial charge in [0.05, 0.1) is 5.60 Å². The van der Waals surface area contributed by atoms with Crippen molar-refractivity contribution in [2.45, 2.75) is 148 Å². The van der Waals surface area contributed by atoms with Gasteiger partial charge in [-0.1, -0.05) is 110 Å². The number of hydrogen-bond acceptors (Lipinski definition) is 1. The highest BCUT2D eigenvalue weighted by Gasteiger charge is 2.42. The van der Waals surface area contributed by atoms with Crippen molar-refractivity contribution < 1.29 is 4.74 Å². The lowest BCUT2D eigenvalue weighted by atomic mass is 9.67. The summed E-state index contributed by atoms with van der Waals surface area (Å²) in [6.45, 7) is 5.59. The van der Waals surface area contributed by atoms with Crippen LogP contribution in [0, 0.1) is 23.7 Å². The van der Waals surface area contributed by atoms with Crippen LogP contribution in [0.15, 0.2) is 0 Å². The molecule has 1 nitrogen and oxygen atoms in total. The molecule has 0 radical (unpaired) electrons. The quantitative estimate of drug-likeness (QED) is 0.312. The maximum Gasteiger partial charge on any atom is 0.0710 e. The van der Waals surface area contributed by atoms with Crippen LogP contribution in [0.2, 0.25) is 0 Å². The van der Waals surface area contributed by atoms with Gasteiger partial charge in [-0.25, -0.2) is 0 Å². The highest BCUT2D eigenvalue weighted by molar-refractivity contribution is 4.93. The lowest BCUT2D eigenvalue weighted by Crippen LogP contribution is -2.44. The molecule has 29 heavy (non-hydrogen) atoms. The number of hydrogen-bond donors (Lipinski definition) is 0. The Morgan fingerprint density at radius 1 is 0.621 bits per heavy atom. The van der Waals surface area contributed by atoms with E-state index in [0.717, 1.165) is 30.3 Å². The van der Waals surface area contributed by atoms with E-state index in [4.69, 9.17) is 4.74 Å². The van der Waals surface area contributed by atoms with Crippen molar-refractivity contribution in [2.24, 2.45) is 23.7 Å². The monoisotopic (exact) mass is 404 g/mol. The Labute approximate surface area is 183 Å². The summed E-state index contributed by atoms with van der Waals surface area (Å²) in [6.07, 6.45) is 29.1. The largest absolute Gasteiger partial charge is 0.375 e. The molecule has 0 spiro atoms. The van der Waals surface area contributed by atoms with Crippen LogP contribution in [-0.2, 0) is 4.74 Å². The maximum atomic E-state index is 6.59. The summed E-state index contributed by atoms with van der Waals surface area (Å²) in [5, 5.41) is 0. The second-order valence-electron chi connectivity index (χ2n) is 11.2. The fourth-order valence-electron chi connectivity index (χ4n) is 7.07. The Balaban J connectivity index is 1.33. The molecule has 3 rings (SSSR count). The van der Waals surface area contributed by atoms with Gasteiger partial charge in [-0.05, 0) is 55.8 Å². The van der Waals surface area contributed by atoms with Crippen LogP contribution in [-0.4, -0.2) is 12.2 Å². The Hall–Kier alpha value is -0.0400. The van der Waals surface area contributed by atoms with E-state index < -0.39 is 0 Å². The molecule has 0 atom stereocenters. The molecule has 0 heterocycles. The van der Waals surface area contributed by atoms with E-state index >= 15 is 0 Å². The number of unbranched alkanes of at least 4 members (excludes halogenated alkanes) is 2. The van der Waals surface area contributed by atoms with Gasteiger partial charge >= 0.3 is 0 Å². The number of ether oxygens (including phenoxy) is 1. The van der Waals surface area contributed by atoms with Crippen molar-refractivity contribution in [3.8, 4) is 0 Å². The molecule has 0 aliphatic heterocycles. The highest BCUT2D eigenvalue weighted by Crippen LogP contribution is 2.46. The molecule has 3 aliphatic rings. The Morgan fingerprint density at radius 3 is 1.72 bits per heavy atom. The Morgan fingerprint density at radius 2 is 1.17 bits per heavy atom. The number of rotatable bonds is 11. The summed E-state index contributed by atoms with van der Waals surface area (Å²) in [5.41, 5.74) is 0.273. The standard InChI is InChI=1S/C28H52O/c1-3-5-7-10-24-11-13-25(14-12-24)15-16-26-17-19-27(20-18-26)28(29-23-4-2)21-8-6-9-22-28/h24-27H,3-23H2,1-2H3. The smallest absolute Gasteiger partial charge is 0.0710 e. The molecular formula is C28H52O. The van der Waals surface area contributed by atoms with E-state index in [9.17, 15) is 0 Å². The molecule has 0 unspecified atom stereocenters. The van der Waals surface area contributed by atoms with Crippen LogP contribution < -0.4 is 0 Å². The van der Waals surface area contributed by atoms with E-state index in [1.54, 1.807) is 25.7 Å². The van der Waals surface area contributed by atoms with Crippen molar-refractivity contribution in [1.29, 1.82) is 0 Å². The van der Waals surface area contributed by atoms with E-state index in [0.29, 0.717) is 0 Å². The van der Waals surface area contributed by atoms with Gasteiger partial charge in [0, 0.05) is 6.61 Å². The topological polar surface area (TPSA) is 9.23 Å². The summed E-state index contributed by atoms with van der Waals surface area (Å²) in [7, 11) is 0. The van der Waals surface area contributed by atoms with Gasteiger partial charge in [-0.15, -0.1) is 0 Å². The zero-order valence-corrected chi connectivity index (χ0v) is 20.1. The van der Waals surface area contributed by atoms with Gasteiger partial charge in [-0.3, -0.25) is 0 Å². The van der Waals surface area contributed by atoms with Gasteiger partial charge in [0.25, 0.3) is 0 Å². The van der Waals surface area contributed by atoms with E-state index in [1.165, 1.54) is 103 Å². The summed E-state index contributed by atoms with van der Waals surface area (Å²) >= 11 is 0. The van der Waals surface area contributed by atoms with Gasteiger partial charge in [0.1, 0.15) is 0 Å². The van der Waals surface area contributed by atoms with Crippen molar-refractivity contribution in [2.75, 3.05) is 6.61 Å². The van der Waals surface area contributed by atoms with Gasteiger partial charge < -0.3 is 4.74 Å². The minimum absolute atomic E-state index is 0.273. The molecule has 3 saturated carbocycles. The summed E-state index contributed by atoms with van der Waals surface area (Å²) < 4.78 is 6.59. The van der Waals surface area contributed by atoms with E-state index in [2.05, 4.69) is 13.8 Å². The molecule has 0 bridgehead atoms. The van der Waals surface area contributed by atoms with Crippen LogP contribution in [0.3, 0.4) is 0 Å². The third-order valence-electron chi connectivity index (χ3n) is 9.05. The first-order chi connectivity index (χ1) is 14.3. The van der Waals surface area contributed by atoms with Crippen LogP contribution >= 0.6 is 0 Å². The third-order valence-corrected chi connectivity index (χ3v) is 9.05. The SMILES string of the molecule is CCCCCC1CCC(CCC2CCC(C3(OCCC)CCCCC3)CC2)CC1. The third kappa shape index (κ3) is 7.26. The first-order valence-electron chi connectivity index (χ1n) is 13.9. The zero-order valence-electron chi connectivity index (χ0n) is 20.1. The highest BCUT2D eigenvalue weighted by atomic mass is 16.5. The molecule has 0 N–H and O–H groups in total. The predicted molar refractivity (Wildman–Crippen MR) is 126 cm³/mol. The van der Waals surface area contributed by atoms with Crippen molar-refractivity contribution in [3.05, 3.63) is 0 Å². The van der Waals surface area contributed by atoms with Crippen LogP contribution in [0.25, 0.3) is 0 Å². The fourth-order valence-corrected chi connectivity index (χ4v) is 7.07. The molecule has 3 fully saturated rings. The summed E-state index contributed by atoms with van der Waals surface area (Å²) in [4.78, 5) is 0.